The molecule has 0 bridgehead atoms. The van der Waals surface area contributed by atoms with E-state index in [-0.39, 0.29) is 0 Å². The van der Waals surface area contributed by atoms with Gasteiger partial charge in [0, 0.05) is 33.5 Å². The van der Waals surface area contributed by atoms with Crippen molar-refractivity contribution < 1.29 is 0 Å². The van der Waals surface area contributed by atoms with E-state index in [9.17, 15) is 0 Å². The molecule has 0 radical (unpaired) electrons. The molecule has 2 nitrogen and oxygen atoms in total. The van der Waals surface area contributed by atoms with Crippen molar-refractivity contribution in [1.29, 1.82) is 0 Å². The van der Waals surface area contributed by atoms with Crippen LogP contribution in [0.25, 0.3) is 72.0 Å². The molecular formula is C54H38N2. The third-order valence-corrected chi connectivity index (χ3v) is 10.8. The summed E-state index contributed by atoms with van der Waals surface area (Å²) in [4.78, 5) is 2.41. The maximum absolute atomic E-state index is 2.42. The molecule has 2 heteroatoms. The number of nitrogens with zero attached hydrogens (tertiary/aromatic N) is 2. The van der Waals surface area contributed by atoms with Crippen LogP contribution in [0, 0.1) is 0 Å². The molecule has 1 heterocycles. The Labute approximate surface area is 327 Å². The molecule has 0 saturated carbocycles. The standard InChI is InChI=1S/C54H38N2/c1-6-17-39(18-7-1)42-29-31-47(32-30-42)55(49-36-44(40-19-8-2-9-20-40)35-45(37-49)41-21-10-3-11-22-41)48-33-34-51-53(38-48)56(46-25-14-5-15-26-46)52-28-16-27-50(54(51)52)43-23-12-4-13-24-43/h1-38H. The van der Waals surface area contributed by atoms with Crippen molar-refractivity contribution in [2.45, 2.75) is 0 Å². The number of benzene rings is 9. The van der Waals surface area contributed by atoms with Crippen molar-refractivity contribution in [3.63, 3.8) is 0 Å². The molecule has 0 N–H and O–H groups in total. The van der Waals surface area contributed by atoms with Crippen LogP contribution in [0.15, 0.2) is 231 Å². The summed E-state index contributed by atoms with van der Waals surface area (Å²) in [5.74, 6) is 0. The Kier molecular flexibility index (Phi) is 8.55. The van der Waals surface area contributed by atoms with Crippen LogP contribution < -0.4 is 4.90 Å². The van der Waals surface area contributed by atoms with Crippen LogP contribution >= 0.6 is 0 Å². The van der Waals surface area contributed by atoms with E-state index in [2.05, 4.69) is 240 Å². The van der Waals surface area contributed by atoms with Crippen molar-refractivity contribution in [3.8, 4) is 50.2 Å². The van der Waals surface area contributed by atoms with E-state index < -0.39 is 0 Å². The van der Waals surface area contributed by atoms with Gasteiger partial charge in [-0.3, -0.25) is 0 Å². The monoisotopic (exact) mass is 714 g/mol. The normalized spacial score (nSPS) is 11.2. The summed E-state index contributed by atoms with van der Waals surface area (Å²) in [6.07, 6.45) is 0. The van der Waals surface area contributed by atoms with E-state index in [1.54, 1.807) is 0 Å². The highest BCUT2D eigenvalue weighted by Crippen LogP contribution is 2.44. The summed E-state index contributed by atoms with van der Waals surface area (Å²) >= 11 is 0. The van der Waals surface area contributed by atoms with Gasteiger partial charge in [-0.2, -0.15) is 0 Å². The average Bonchev–Trinajstić information content (AvgIpc) is 3.62. The van der Waals surface area contributed by atoms with Gasteiger partial charge in [-0.05, 0) is 105 Å². The zero-order chi connectivity index (χ0) is 37.3. The smallest absolute Gasteiger partial charge is 0.0562 e. The molecule has 10 rings (SSSR count). The molecule has 9 aromatic carbocycles. The second kappa shape index (κ2) is 14.4. The number of para-hydroxylation sites is 1. The zero-order valence-corrected chi connectivity index (χ0v) is 30.8. The first kappa shape index (κ1) is 33.2. The molecule has 0 aliphatic heterocycles. The lowest BCUT2D eigenvalue weighted by molar-refractivity contribution is 1.18. The van der Waals surface area contributed by atoms with Crippen LogP contribution in [0.3, 0.4) is 0 Å². The van der Waals surface area contributed by atoms with Gasteiger partial charge in [0.2, 0.25) is 0 Å². The Morgan fingerprint density at radius 1 is 0.286 bits per heavy atom. The summed E-state index contributed by atoms with van der Waals surface area (Å²) in [7, 11) is 0. The van der Waals surface area contributed by atoms with Gasteiger partial charge in [-0.15, -0.1) is 0 Å². The van der Waals surface area contributed by atoms with Gasteiger partial charge in [0.15, 0.2) is 0 Å². The molecule has 10 aromatic rings. The molecule has 0 spiro atoms. The van der Waals surface area contributed by atoms with Crippen LogP contribution in [-0.4, -0.2) is 4.57 Å². The molecule has 1 aromatic heterocycles. The maximum atomic E-state index is 2.42. The van der Waals surface area contributed by atoms with Gasteiger partial charge >= 0.3 is 0 Å². The predicted molar refractivity (Wildman–Crippen MR) is 237 cm³/mol. The first-order chi connectivity index (χ1) is 27.8. The molecule has 0 atom stereocenters. The molecule has 0 saturated heterocycles. The Morgan fingerprint density at radius 3 is 1.34 bits per heavy atom. The Balaban J connectivity index is 1.24. The van der Waals surface area contributed by atoms with Gasteiger partial charge in [-0.25, -0.2) is 0 Å². The highest BCUT2D eigenvalue weighted by molar-refractivity contribution is 6.16. The minimum absolute atomic E-state index is 1.08. The number of aromatic nitrogens is 1. The van der Waals surface area contributed by atoms with Crippen molar-refractivity contribution in [2.75, 3.05) is 4.90 Å². The third-order valence-electron chi connectivity index (χ3n) is 10.8. The van der Waals surface area contributed by atoms with Gasteiger partial charge < -0.3 is 9.47 Å². The topological polar surface area (TPSA) is 8.17 Å². The van der Waals surface area contributed by atoms with Gasteiger partial charge in [0.1, 0.15) is 0 Å². The second-order valence-corrected chi connectivity index (χ2v) is 14.2. The quantitative estimate of drug-likeness (QED) is 0.152. The van der Waals surface area contributed by atoms with E-state index in [1.807, 2.05) is 0 Å². The summed E-state index contributed by atoms with van der Waals surface area (Å²) in [5.41, 5.74) is 16.2. The number of anilines is 3. The first-order valence-corrected chi connectivity index (χ1v) is 19.2. The lowest BCUT2D eigenvalue weighted by atomic mass is 9.97. The van der Waals surface area contributed by atoms with Crippen molar-refractivity contribution >= 4 is 38.9 Å². The zero-order valence-electron chi connectivity index (χ0n) is 30.8. The van der Waals surface area contributed by atoms with Crippen molar-refractivity contribution in [3.05, 3.63) is 231 Å². The number of hydrogen-bond acceptors (Lipinski definition) is 1. The number of hydrogen-bond donors (Lipinski definition) is 0. The minimum Gasteiger partial charge on any atom is -0.310 e. The predicted octanol–water partition coefficient (Wildman–Crippen LogP) is 14.9. The van der Waals surface area contributed by atoms with Crippen LogP contribution in [0.5, 0.6) is 0 Å². The summed E-state index contributed by atoms with van der Waals surface area (Å²) in [6.45, 7) is 0. The first-order valence-electron chi connectivity index (χ1n) is 19.2. The van der Waals surface area contributed by atoms with Gasteiger partial charge in [-0.1, -0.05) is 170 Å². The Bertz CT molecular complexity index is 2860. The highest BCUT2D eigenvalue weighted by Gasteiger charge is 2.21. The minimum atomic E-state index is 1.08. The van der Waals surface area contributed by atoms with Crippen LogP contribution in [0.2, 0.25) is 0 Å². The molecule has 0 fully saturated rings. The molecule has 56 heavy (non-hydrogen) atoms. The van der Waals surface area contributed by atoms with E-state index in [0.29, 0.717) is 0 Å². The van der Waals surface area contributed by atoms with E-state index in [0.717, 1.165) is 28.3 Å². The van der Waals surface area contributed by atoms with Crippen LogP contribution in [0.4, 0.5) is 17.1 Å². The summed E-state index contributed by atoms with van der Waals surface area (Å²) in [5, 5.41) is 2.47. The SMILES string of the molecule is c1ccc(-c2ccc(N(c3cc(-c4ccccc4)cc(-c4ccccc4)c3)c3ccc4c5c(-c6ccccc6)cccc5n(-c5ccccc5)c4c3)cc2)cc1. The molecule has 264 valence electrons. The lowest BCUT2D eigenvalue weighted by Gasteiger charge is -2.27. The fraction of sp³-hybridized carbons (Fsp3) is 0. The maximum Gasteiger partial charge on any atom is 0.0562 e. The van der Waals surface area contributed by atoms with E-state index >= 15 is 0 Å². The fourth-order valence-corrected chi connectivity index (χ4v) is 8.12. The molecular weight excluding hydrogens is 677 g/mol. The van der Waals surface area contributed by atoms with Crippen LogP contribution in [0.1, 0.15) is 0 Å². The van der Waals surface area contributed by atoms with Gasteiger partial charge in [0.25, 0.3) is 0 Å². The van der Waals surface area contributed by atoms with Crippen LogP contribution in [-0.2, 0) is 0 Å². The fourth-order valence-electron chi connectivity index (χ4n) is 8.12. The van der Waals surface area contributed by atoms with Crippen molar-refractivity contribution in [2.24, 2.45) is 0 Å². The highest BCUT2D eigenvalue weighted by atomic mass is 15.1. The Hall–Kier alpha value is -7.42. The molecule has 0 aliphatic carbocycles. The van der Waals surface area contributed by atoms with Gasteiger partial charge in [0.05, 0.1) is 11.0 Å². The number of fused-ring (bicyclic) bond motifs is 3. The van der Waals surface area contributed by atoms with E-state index in [1.165, 1.54) is 60.8 Å². The van der Waals surface area contributed by atoms with E-state index in [4.69, 9.17) is 0 Å². The molecule has 0 aliphatic rings. The Morgan fingerprint density at radius 2 is 0.768 bits per heavy atom. The molecule has 0 amide bonds. The lowest BCUT2D eigenvalue weighted by Crippen LogP contribution is -2.10. The molecule has 0 unspecified atom stereocenters. The third kappa shape index (κ3) is 6.14. The van der Waals surface area contributed by atoms with Crippen molar-refractivity contribution in [1.82, 2.24) is 4.57 Å². The summed E-state index contributed by atoms with van der Waals surface area (Å²) < 4.78 is 2.42. The summed E-state index contributed by atoms with van der Waals surface area (Å²) in [6, 6.07) is 83.1. The second-order valence-electron chi connectivity index (χ2n) is 14.2. The average molecular weight is 715 g/mol. The number of rotatable bonds is 8. The largest absolute Gasteiger partial charge is 0.310 e.